The summed E-state index contributed by atoms with van der Waals surface area (Å²) in [6, 6.07) is 6.02. The van der Waals surface area contributed by atoms with Crippen LogP contribution in [0.4, 0.5) is 4.39 Å². The lowest BCUT2D eigenvalue weighted by molar-refractivity contribution is 0.369. The number of benzene rings is 1. The molecular formula is C12H17FS. The lowest BCUT2D eigenvalue weighted by Gasteiger charge is -2.10. The van der Waals surface area contributed by atoms with E-state index in [1.807, 2.05) is 25.1 Å². The highest BCUT2D eigenvalue weighted by Gasteiger charge is 2.09. The number of aryl methyl sites for hydroxylation is 1. The molecule has 0 aromatic heterocycles. The van der Waals surface area contributed by atoms with Crippen molar-refractivity contribution in [1.82, 2.24) is 0 Å². The highest BCUT2D eigenvalue weighted by atomic mass is 32.2. The fourth-order valence-electron chi connectivity index (χ4n) is 1.32. The van der Waals surface area contributed by atoms with Gasteiger partial charge in [-0.1, -0.05) is 24.6 Å². The van der Waals surface area contributed by atoms with Gasteiger partial charge < -0.3 is 0 Å². The predicted octanol–water partition coefficient (Wildman–Crippen LogP) is 4.53. The molecule has 0 N–H and O–H groups in total. The smallest absolute Gasteiger partial charge is 0.123 e. The lowest BCUT2D eigenvalue weighted by Crippen LogP contribution is -1.91. The fourth-order valence-corrected chi connectivity index (χ4v) is 2.30. The zero-order valence-corrected chi connectivity index (χ0v) is 9.83. The van der Waals surface area contributed by atoms with Crippen LogP contribution in [0.1, 0.15) is 37.6 Å². The summed E-state index contributed by atoms with van der Waals surface area (Å²) in [6.45, 7) is 5.74. The number of alkyl halides is 1. The number of hydrogen-bond donors (Lipinski definition) is 0. The minimum Gasteiger partial charge on any atom is -0.243 e. The predicted molar refractivity (Wildman–Crippen MR) is 61.7 cm³/mol. The molecule has 1 atom stereocenters. The van der Waals surface area contributed by atoms with Gasteiger partial charge >= 0.3 is 0 Å². The number of rotatable bonds is 4. The van der Waals surface area contributed by atoms with Gasteiger partial charge in [0.05, 0.1) is 0 Å². The number of thioether (sulfide) groups is 1. The maximum Gasteiger partial charge on any atom is 0.123 e. The van der Waals surface area contributed by atoms with Gasteiger partial charge in [-0.05, 0) is 37.7 Å². The summed E-state index contributed by atoms with van der Waals surface area (Å²) in [5.74, 6) is 1.06. The van der Waals surface area contributed by atoms with Crippen LogP contribution in [0.25, 0.3) is 0 Å². The average Bonchev–Trinajstić information content (AvgIpc) is 2.15. The topological polar surface area (TPSA) is 0 Å². The summed E-state index contributed by atoms with van der Waals surface area (Å²) in [4.78, 5) is 1.09. The molecule has 1 aromatic rings. The Bertz CT molecular complexity index is 294. The second-order valence-corrected chi connectivity index (χ2v) is 4.64. The van der Waals surface area contributed by atoms with Crippen LogP contribution in [0.5, 0.6) is 0 Å². The normalized spacial score (nSPS) is 12.9. The van der Waals surface area contributed by atoms with Gasteiger partial charge in [0.1, 0.15) is 6.17 Å². The molecule has 78 valence electrons. The van der Waals surface area contributed by atoms with Crippen molar-refractivity contribution in [2.24, 2.45) is 0 Å². The van der Waals surface area contributed by atoms with Crippen molar-refractivity contribution in [3.05, 3.63) is 29.3 Å². The summed E-state index contributed by atoms with van der Waals surface area (Å²) in [5, 5.41) is 0. The van der Waals surface area contributed by atoms with Gasteiger partial charge in [-0.2, -0.15) is 0 Å². The van der Waals surface area contributed by atoms with E-state index in [1.54, 1.807) is 18.7 Å². The van der Waals surface area contributed by atoms with Crippen molar-refractivity contribution < 1.29 is 4.39 Å². The molecule has 0 saturated carbocycles. The first-order chi connectivity index (χ1) is 6.65. The van der Waals surface area contributed by atoms with Gasteiger partial charge in [-0.3, -0.25) is 0 Å². The molecule has 2 heteroatoms. The summed E-state index contributed by atoms with van der Waals surface area (Å²) in [5.41, 5.74) is 1.97. The minimum absolute atomic E-state index is 0.837. The third-order valence-electron chi connectivity index (χ3n) is 2.06. The second-order valence-electron chi connectivity index (χ2n) is 3.51. The first-order valence-corrected chi connectivity index (χ1v) is 6.01. The molecule has 1 rings (SSSR count). The number of hydrogen-bond acceptors (Lipinski definition) is 1. The van der Waals surface area contributed by atoms with Crippen LogP contribution in [0, 0.1) is 6.92 Å². The Morgan fingerprint density at radius 1 is 1.43 bits per heavy atom. The first kappa shape index (κ1) is 11.6. The van der Waals surface area contributed by atoms with Gasteiger partial charge in [-0.25, -0.2) is 4.39 Å². The van der Waals surface area contributed by atoms with Crippen molar-refractivity contribution in [3.63, 3.8) is 0 Å². The highest BCUT2D eigenvalue weighted by molar-refractivity contribution is 7.99. The maximum atomic E-state index is 13.3. The van der Waals surface area contributed by atoms with E-state index in [0.29, 0.717) is 0 Å². The lowest BCUT2D eigenvalue weighted by atomic mass is 10.1. The Morgan fingerprint density at radius 3 is 2.71 bits per heavy atom. The van der Waals surface area contributed by atoms with Crippen LogP contribution in [0.15, 0.2) is 23.1 Å². The van der Waals surface area contributed by atoms with Crippen molar-refractivity contribution in [2.75, 3.05) is 5.75 Å². The van der Waals surface area contributed by atoms with E-state index in [9.17, 15) is 4.39 Å². The van der Waals surface area contributed by atoms with Gasteiger partial charge in [0.2, 0.25) is 0 Å². The Hall–Kier alpha value is -0.500. The molecule has 0 bridgehead atoms. The second kappa shape index (κ2) is 5.40. The molecule has 0 heterocycles. The van der Waals surface area contributed by atoms with Crippen LogP contribution in [0.2, 0.25) is 0 Å². The molecule has 0 nitrogen and oxygen atoms in total. The van der Waals surface area contributed by atoms with Crippen molar-refractivity contribution in [2.45, 2.75) is 38.3 Å². The zero-order chi connectivity index (χ0) is 10.6. The molecule has 0 amide bonds. The van der Waals surface area contributed by atoms with Crippen LogP contribution in [-0.2, 0) is 0 Å². The fraction of sp³-hybridized carbons (Fsp3) is 0.500. The Labute approximate surface area is 89.9 Å². The molecule has 0 fully saturated rings. The van der Waals surface area contributed by atoms with Gasteiger partial charge in [0.15, 0.2) is 0 Å². The molecular weight excluding hydrogens is 195 g/mol. The molecule has 0 aliphatic heterocycles. The van der Waals surface area contributed by atoms with E-state index in [-0.39, 0.29) is 0 Å². The molecule has 14 heavy (non-hydrogen) atoms. The van der Waals surface area contributed by atoms with E-state index >= 15 is 0 Å². The molecule has 1 aromatic carbocycles. The van der Waals surface area contributed by atoms with Crippen molar-refractivity contribution in [1.29, 1.82) is 0 Å². The largest absolute Gasteiger partial charge is 0.243 e. The maximum absolute atomic E-state index is 13.3. The van der Waals surface area contributed by atoms with E-state index in [4.69, 9.17) is 0 Å². The monoisotopic (exact) mass is 212 g/mol. The molecule has 0 aliphatic carbocycles. The van der Waals surface area contributed by atoms with Crippen molar-refractivity contribution >= 4 is 11.8 Å². The summed E-state index contributed by atoms with van der Waals surface area (Å²) in [7, 11) is 0. The van der Waals surface area contributed by atoms with E-state index in [2.05, 4.69) is 6.92 Å². The van der Waals surface area contributed by atoms with E-state index in [0.717, 1.165) is 28.2 Å². The third kappa shape index (κ3) is 3.02. The van der Waals surface area contributed by atoms with Crippen LogP contribution >= 0.6 is 11.8 Å². The Kier molecular flexibility index (Phi) is 4.46. The summed E-state index contributed by atoms with van der Waals surface area (Å²) >= 11 is 1.74. The summed E-state index contributed by atoms with van der Waals surface area (Å²) in [6.07, 6.45) is 0.257. The van der Waals surface area contributed by atoms with Crippen LogP contribution in [0.3, 0.4) is 0 Å². The van der Waals surface area contributed by atoms with Gasteiger partial charge in [0, 0.05) is 4.90 Å². The van der Waals surface area contributed by atoms with E-state index < -0.39 is 6.17 Å². The Balaban J connectivity index is 2.90. The molecule has 0 aliphatic rings. The molecule has 0 saturated heterocycles. The van der Waals surface area contributed by atoms with Crippen LogP contribution < -0.4 is 0 Å². The zero-order valence-electron chi connectivity index (χ0n) is 9.01. The molecule has 0 spiro atoms. The van der Waals surface area contributed by atoms with Gasteiger partial charge in [-0.15, -0.1) is 11.8 Å². The molecule has 0 radical (unpaired) electrons. The van der Waals surface area contributed by atoms with Crippen molar-refractivity contribution in [3.8, 4) is 0 Å². The summed E-state index contributed by atoms with van der Waals surface area (Å²) < 4.78 is 13.3. The van der Waals surface area contributed by atoms with E-state index in [1.165, 1.54) is 0 Å². The Morgan fingerprint density at radius 2 is 2.14 bits per heavy atom. The standard InChI is InChI=1S/C12H17FS/c1-4-7-14-12-6-5-9(2)8-11(12)10(3)13/h5-6,8,10H,4,7H2,1-3H3. The molecule has 1 unspecified atom stereocenters. The first-order valence-electron chi connectivity index (χ1n) is 5.02. The quantitative estimate of drug-likeness (QED) is 0.661. The minimum atomic E-state index is -0.866. The highest BCUT2D eigenvalue weighted by Crippen LogP contribution is 2.30. The number of halogens is 1. The third-order valence-corrected chi connectivity index (χ3v) is 3.35. The SMILES string of the molecule is CCCSc1ccc(C)cc1C(C)F. The average molecular weight is 212 g/mol. The van der Waals surface area contributed by atoms with Crippen LogP contribution in [-0.4, -0.2) is 5.75 Å². The van der Waals surface area contributed by atoms with Gasteiger partial charge in [0.25, 0.3) is 0 Å².